The Morgan fingerprint density at radius 2 is 2.04 bits per heavy atom. The van der Waals surface area contributed by atoms with Crippen LogP contribution in [0.1, 0.15) is 57.7 Å². The number of carboxylic acids is 1. The number of ether oxygens (including phenoxy) is 1. The Bertz CT molecular complexity index is 2080. The van der Waals surface area contributed by atoms with Crippen molar-refractivity contribution in [1.82, 2.24) is 20.1 Å². The average Bonchev–Trinajstić information content (AvgIpc) is 3.73. The Hall–Kier alpha value is -5.01. The lowest BCUT2D eigenvalue weighted by Crippen LogP contribution is -2.27. The Morgan fingerprint density at radius 1 is 1.18 bits per heavy atom. The predicted octanol–water partition coefficient (Wildman–Crippen LogP) is 7.83. The van der Waals surface area contributed by atoms with Gasteiger partial charge in [0, 0.05) is 39.2 Å². The van der Waals surface area contributed by atoms with Gasteiger partial charge in [-0.3, -0.25) is 4.90 Å². The molecule has 4 heterocycles. The maximum absolute atomic E-state index is 14.8. The van der Waals surface area contributed by atoms with E-state index in [1.54, 1.807) is 23.5 Å². The lowest BCUT2D eigenvalue weighted by molar-refractivity contribution is 0.0690. The summed E-state index contributed by atoms with van der Waals surface area (Å²) >= 11 is 3.00. The topological polar surface area (TPSA) is 104 Å². The molecule has 0 unspecified atom stereocenters. The number of thiophene rings is 1. The number of thiazole rings is 1. The molecule has 0 atom stereocenters. The summed E-state index contributed by atoms with van der Waals surface area (Å²) in [6, 6.07) is 15.0. The Labute approximate surface area is 299 Å². The first-order valence-electron chi connectivity index (χ1n) is 16.5. The fourth-order valence-corrected chi connectivity index (χ4v) is 7.84. The molecule has 0 amide bonds. The standard InChI is InChI=1S/C38H37FN6O3S2/c1-4-5-8-19-44(3)20-9-12-26-17-18-30(29(39)23-26)48-22-11-16-32-34(37(46)47)41-38(50-32)45-21-10-14-28-25(2)35(42-43-36(28)45)40-33-24-27-13-6-7-15-31(27)49-33/h1,6-7,13,15,17-18,23-24H,5,8,10-11,14,16,19-22H2,2-3H3,(H,40,42)(H,46,47). The molecule has 0 saturated heterocycles. The Balaban J connectivity index is 1.08. The van der Waals surface area contributed by atoms with Crippen LogP contribution in [0.15, 0.2) is 48.5 Å². The van der Waals surface area contributed by atoms with Crippen LogP contribution in [0, 0.1) is 36.9 Å². The molecule has 0 fully saturated rings. The molecule has 0 radical (unpaired) electrons. The fourth-order valence-electron chi connectivity index (χ4n) is 5.75. The number of terminal acetylenes is 1. The first-order chi connectivity index (χ1) is 24.3. The fraction of sp³-hybridized carbons (Fsp3) is 0.316. The van der Waals surface area contributed by atoms with E-state index < -0.39 is 11.8 Å². The van der Waals surface area contributed by atoms with Gasteiger partial charge in [0.1, 0.15) is 0 Å². The van der Waals surface area contributed by atoms with E-state index in [9.17, 15) is 14.3 Å². The summed E-state index contributed by atoms with van der Waals surface area (Å²) in [5, 5.41) is 25.3. The number of hydrogen-bond donors (Lipinski definition) is 2. The summed E-state index contributed by atoms with van der Waals surface area (Å²) in [6.45, 7) is 4.32. The molecule has 9 nitrogen and oxygen atoms in total. The number of carboxylic acid groups (broad SMARTS) is 1. The maximum atomic E-state index is 14.8. The van der Waals surface area contributed by atoms with Crippen molar-refractivity contribution in [1.29, 1.82) is 0 Å². The summed E-state index contributed by atoms with van der Waals surface area (Å²) in [4.78, 5) is 21.4. The van der Waals surface area contributed by atoms with Crippen LogP contribution in [-0.4, -0.2) is 64.4 Å². The van der Waals surface area contributed by atoms with E-state index in [0.29, 0.717) is 53.1 Å². The zero-order chi connectivity index (χ0) is 35.0. The molecule has 0 spiro atoms. The highest BCUT2D eigenvalue weighted by Crippen LogP contribution is 2.39. The Kier molecular flexibility index (Phi) is 11.2. The molecule has 5 aromatic rings. The molecule has 0 bridgehead atoms. The minimum atomic E-state index is -1.09. The molecule has 2 N–H and O–H groups in total. The van der Waals surface area contributed by atoms with Gasteiger partial charge in [0.25, 0.3) is 0 Å². The molecule has 0 aliphatic carbocycles. The van der Waals surface area contributed by atoms with E-state index in [1.807, 2.05) is 31.0 Å². The number of aryl methyl sites for hydroxylation is 1. The van der Waals surface area contributed by atoms with Gasteiger partial charge in [0.15, 0.2) is 34.0 Å². The number of rotatable bonds is 13. The van der Waals surface area contributed by atoms with Gasteiger partial charge in [-0.05, 0) is 88.3 Å². The van der Waals surface area contributed by atoms with Gasteiger partial charge in [-0.15, -0.1) is 45.2 Å². The Morgan fingerprint density at radius 3 is 2.84 bits per heavy atom. The van der Waals surface area contributed by atoms with E-state index in [1.165, 1.54) is 27.5 Å². The zero-order valence-electron chi connectivity index (χ0n) is 28.0. The third-order valence-corrected chi connectivity index (χ3v) is 10.5. The number of fused-ring (bicyclic) bond motifs is 2. The van der Waals surface area contributed by atoms with Crippen molar-refractivity contribution in [2.24, 2.45) is 0 Å². The number of benzene rings is 2. The van der Waals surface area contributed by atoms with Crippen LogP contribution in [-0.2, 0) is 12.8 Å². The molecular formula is C38H37FN6O3S2. The normalized spacial score (nSPS) is 12.3. The van der Waals surface area contributed by atoms with Crippen molar-refractivity contribution < 1.29 is 19.0 Å². The first-order valence-corrected chi connectivity index (χ1v) is 18.1. The number of hydrogen-bond acceptors (Lipinski definition) is 10. The van der Waals surface area contributed by atoms with Crippen LogP contribution in [0.5, 0.6) is 5.75 Å². The lowest BCUT2D eigenvalue weighted by Gasteiger charge is -2.28. The number of nitrogens with one attached hydrogen (secondary N) is 1. The number of aromatic carboxylic acids is 1. The second kappa shape index (κ2) is 16.1. The van der Waals surface area contributed by atoms with Crippen LogP contribution in [0.2, 0.25) is 0 Å². The summed E-state index contributed by atoms with van der Waals surface area (Å²) in [6.07, 6.45) is 9.55. The number of halogens is 1. The third-order valence-electron chi connectivity index (χ3n) is 8.35. The molecule has 12 heteroatoms. The smallest absolute Gasteiger partial charge is 0.355 e. The highest BCUT2D eigenvalue weighted by molar-refractivity contribution is 7.22. The van der Waals surface area contributed by atoms with Gasteiger partial charge >= 0.3 is 5.97 Å². The summed E-state index contributed by atoms with van der Waals surface area (Å²) in [5.74, 6) is 8.63. The van der Waals surface area contributed by atoms with Crippen LogP contribution < -0.4 is 15.0 Å². The first kappa shape index (κ1) is 34.8. The van der Waals surface area contributed by atoms with Crippen LogP contribution in [0.25, 0.3) is 10.1 Å². The van der Waals surface area contributed by atoms with Gasteiger partial charge in [-0.1, -0.05) is 30.0 Å². The van der Waals surface area contributed by atoms with E-state index in [2.05, 4.69) is 61.4 Å². The molecule has 256 valence electrons. The molecule has 1 aliphatic heterocycles. The molecule has 6 rings (SSSR count). The van der Waals surface area contributed by atoms with Crippen molar-refractivity contribution in [3.63, 3.8) is 0 Å². The number of nitrogens with zero attached hydrogens (tertiary/aromatic N) is 5. The van der Waals surface area contributed by atoms with Gasteiger partial charge in [-0.25, -0.2) is 14.2 Å². The highest BCUT2D eigenvalue weighted by Gasteiger charge is 2.28. The lowest BCUT2D eigenvalue weighted by atomic mass is 10.0. The highest BCUT2D eigenvalue weighted by atomic mass is 32.1. The van der Waals surface area contributed by atoms with Crippen LogP contribution >= 0.6 is 22.7 Å². The molecular weight excluding hydrogens is 672 g/mol. The average molecular weight is 709 g/mol. The van der Waals surface area contributed by atoms with Crippen LogP contribution in [0.3, 0.4) is 0 Å². The SMILES string of the molecule is C#CCCCN(C)CC#Cc1ccc(OCCCc2sc(N3CCCc4c3nnc(Nc3cc5ccccc5s3)c4C)nc2C(=O)O)c(F)c1. The summed E-state index contributed by atoms with van der Waals surface area (Å²) < 4.78 is 21.7. The summed E-state index contributed by atoms with van der Waals surface area (Å²) in [7, 11) is 1.97. The van der Waals surface area contributed by atoms with Gasteiger partial charge in [-0.2, -0.15) is 0 Å². The molecule has 2 aromatic carbocycles. The van der Waals surface area contributed by atoms with Gasteiger partial charge in [0.05, 0.1) is 18.2 Å². The largest absolute Gasteiger partial charge is 0.491 e. The van der Waals surface area contributed by atoms with E-state index in [0.717, 1.165) is 48.4 Å². The maximum Gasteiger partial charge on any atom is 0.355 e. The van der Waals surface area contributed by atoms with Crippen LogP contribution in [0.4, 0.5) is 26.2 Å². The van der Waals surface area contributed by atoms with Gasteiger partial charge in [0.2, 0.25) is 0 Å². The monoisotopic (exact) mass is 708 g/mol. The van der Waals surface area contributed by atoms with E-state index in [4.69, 9.17) is 11.2 Å². The summed E-state index contributed by atoms with van der Waals surface area (Å²) in [5.41, 5.74) is 2.66. The third kappa shape index (κ3) is 8.23. The quantitative estimate of drug-likeness (QED) is 0.0936. The van der Waals surface area contributed by atoms with Crippen molar-refractivity contribution in [3.8, 4) is 29.9 Å². The number of anilines is 4. The zero-order valence-corrected chi connectivity index (χ0v) is 29.6. The predicted molar refractivity (Wildman–Crippen MR) is 199 cm³/mol. The van der Waals surface area contributed by atoms with E-state index in [-0.39, 0.29) is 18.1 Å². The van der Waals surface area contributed by atoms with Crippen molar-refractivity contribution >= 4 is 60.5 Å². The molecule has 0 saturated carbocycles. The number of carbonyl (C=O) groups is 1. The van der Waals surface area contributed by atoms with Crippen molar-refractivity contribution in [2.45, 2.75) is 45.4 Å². The minimum Gasteiger partial charge on any atom is -0.491 e. The molecule has 50 heavy (non-hydrogen) atoms. The van der Waals surface area contributed by atoms with Crippen molar-refractivity contribution in [2.75, 3.05) is 43.5 Å². The van der Waals surface area contributed by atoms with Crippen molar-refractivity contribution in [3.05, 3.63) is 81.6 Å². The van der Waals surface area contributed by atoms with E-state index >= 15 is 0 Å². The number of unbranched alkanes of at least 4 members (excludes halogenated alkanes) is 1. The second-order valence-corrected chi connectivity index (χ2v) is 14.2. The number of aromatic nitrogens is 3. The molecule has 3 aromatic heterocycles. The van der Waals surface area contributed by atoms with Gasteiger partial charge < -0.3 is 20.1 Å². The minimum absolute atomic E-state index is 0.0145. The second-order valence-electron chi connectivity index (χ2n) is 12.0. The molecule has 1 aliphatic rings.